The maximum atomic E-state index is 13.6. The summed E-state index contributed by atoms with van der Waals surface area (Å²) in [6, 6.07) is 11.8. The molecule has 0 aliphatic heterocycles. The number of sulfonamides is 1. The van der Waals surface area contributed by atoms with Gasteiger partial charge in [-0.1, -0.05) is 38.1 Å². The highest BCUT2D eigenvalue weighted by Gasteiger charge is 2.33. The van der Waals surface area contributed by atoms with Crippen molar-refractivity contribution in [3.8, 4) is 0 Å². The van der Waals surface area contributed by atoms with Crippen molar-refractivity contribution in [2.45, 2.75) is 65.6 Å². The predicted octanol–water partition coefficient (Wildman–Crippen LogP) is 3.88. The first kappa shape index (κ1) is 28.3. The van der Waals surface area contributed by atoms with Crippen molar-refractivity contribution in [3.05, 3.63) is 65.5 Å². The molecule has 1 atom stereocenters. The second-order valence-electron chi connectivity index (χ2n) is 9.60. The molecule has 0 heterocycles. The number of nitrogens with zero attached hydrogens (tertiary/aromatic N) is 2. The molecule has 2 amide bonds. The Morgan fingerprint density at radius 2 is 1.51 bits per heavy atom. The Labute approximate surface area is 208 Å². The zero-order valence-electron chi connectivity index (χ0n) is 21.3. The number of hydrogen-bond donors (Lipinski definition) is 1. The van der Waals surface area contributed by atoms with Crippen LogP contribution in [0.3, 0.4) is 0 Å². The second kappa shape index (κ2) is 11.7. The molecular weight excluding hydrogens is 469 g/mol. The summed E-state index contributed by atoms with van der Waals surface area (Å²) >= 11 is 0. The van der Waals surface area contributed by atoms with Crippen molar-refractivity contribution in [3.63, 3.8) is 0 Å². The summed E-state index contributed by atoms with van der Waals surface area (Å²) in [4.78, 5) is 28.1. The maximum Gasteiger partial charge on any atom is 0.244 e. The van der Waals surface area contributed by atoms with Crippen LogP contribution in [0.15, 0.2) is 48.5 Å². The number of aryl methyl sites for hydroxylation is 1. The summed E-state index contributed by atoms with van der Waals surface area (Å²) < 4.78 is 39.8. The number of rotatable bonds is 10. The molecular formula is C26H36FN3O4S. The van der Waals surface area contributed by atoms with E-state index in [-0.39, 0.29) is 12.5 Å². The average molecular weight is 506 g/mol. The standard InChI is InChI=1S/C26H36FN3O4S/c1-7-19-11-15-22(16-12-19)30(35(6,33)34)18-24(31)29(17-20-9-13-21(27)14-10-20)23(8-2)25(32)28-26(3,4)5/h9-16,23H,7-8,17-18H2,1-6H3,(H,28,32). The van der Waals surface area contributed by atoms with Gasteiger partial charge in [0.1, 0.15) is 18.4 Å². The highest BCUT2D eigenvalue weighted by Crippen LogP contribution is 2.21. The van der Waals surface area contributed by atoms with Gasteiger partial charge >= 0.3 is 0 Å². The zero-order chi connectivity index (χ0) is 26.4. The van der Waals surface area contributed by atoms with E-state index in [9.17, 15) is 22.4 Å². The molecule has 192 valence electrons. The van der Waals surface area contributed by atoms with Crippen LogP contribution in [-0.2, 0) is 32.6 Å². The van der Waals surface area contributed by atoms with Crippen LogP contribution in [0.25, 0.3) is 0 Å². The van der Waals surface area contributed by atoms with Crippen molar-refractivity contribution in [1.82, 2.24) is 10.2 Å². The van der Waals surface area contributed by atoms with Crippen LogP contribution >= 0.6 is 0 Å². The van der Waals surface area contributed by atoms with Crippen LogP contribution in [0.4, 0.5) is 10.1 Å². The summed E-state index contributed by atoms with van der Waals surface area (Å²) in [6.07, 6.45) is 2.16. The number of nitrogens with one attached hydrogen (secondary N) is 1. The first-order valence-corrected chi connectivity index (χ1v) is 13.5. The molecule has 0 spiro atoms. The molecule has 0 saturated heterocycles. The van der Waals surface area contributed by atoms with Gasteiger partial charge in [0.15, 0.2) is 0 Å². The van der Waals surface area contributed by atoms with E-state index < -0.39 is 39.9 Å². The minimum absolute atomic E-state index is 0.0293. The lowest BCUT2D eigenvalue weighted by atomic mass is 10.1. The Morgan fingerprint density at radius 3 is 1.97 bits per heavy atom. The van der Waals surface area contributed by atoms with Crippen molar-refractivity contribution < 1.29 is 22.4 Å². The first-order chi connectivity index (χ1) is 16.2. The van der Waals surface area contributed by atoms with Gasteiger partial charge in [-0.25, -0.2) is 12.8 Å². The first-order valence-electron chi connectivity index (χ1n) is 11.7. The van der Waals surface area contributed by atoms with E-state index in [0.29, 0.717) is 17.7 Å². The van der Waals surface area contributed by atoms with Gasteiger partial charge < -0.3 is 10.2 Å². The highest BCUT2D eigenvalue weighted by atomic mass is 32.2. The fraction of sp³-hybridized carbons (Fsp3) is 0.462. The molecule has 1 N–H and O–H groups in total. The zero-order valence-corrected chi connectivity index (χ0v) is 22.2. The molecule has 35 heavy (non-hydrogen) atoms. The van der Waals surface area contributed by atoms with Crippen LogP contribution in [0.1, 0.15) is 52.2 Å². The molecule has 0 bridgehead atoms. The quantitative estimate of drug-likeness (QED) is 0.531. The molecule has 0 radical (unpaired) electrons. The van der Waals surface area contributed by atoms with Crippen LogP contribution in [0.2, 0.25) is 0 Å². The Balaban J connectivity index is 2.44. The van der Waals surface area contributed by atoms with E-state index in [1.807, 2.05) is 39.8 Å². The molecule has 7 nitrogen and oxygen atoms in total. The third-order valence-corrected chi connectivity index (χ3v) is 6.60. The minimum Gasteiger partial charge on any atom is -0.350 e. The highest BCUT2D eigenvalue weighted by molar-refractivity contribution is 7.92. The summed E-state index contributed by atoms with van der Waals surface area (Å²) in [5, 5.41) is 2.90. The van der Waals surface area contributed by atoms with Crippen LogP contribution in [0, 0.1) is 5.82 Å². The summed E-state index contributed by atoms with van der Waals surface area (Å²) in [6.45, 7) is 8.87. The third-order valence-electron chi connectivity index (χ3n) is 5.46. The fourth-order valence-corrected chi connectivity index (χ4v) is 4.52. The second-order valence-corrected chi connectivity index (χ2v) is 11.5. The summed E-state index contributed by atoms with van der Waals surface area (Å²) in [5.74, 6) is -1.29. The number of amides is 2. The number of carbonyl (C=O) groups is 2. The van der Waals surface area contributed by atoms with Crippen LogP contribution in [-0.4, -0.2) is 49.5 Å². The normalized spacial score (nSPS) is 12.7. The summed E-state index contributed by atoms with van der Waals surface area (Å²) in [7, 11) is -3.79. The topological polar surface area (TPSA) is 86.8 Å². The van der Waals surface area contributed by atoms with Crippen molar-refractivity contribution in [2.75, 3.05) is 17.1 Å². The lowest BCUT2D eigenvalue weighted by molar-refractivity contribution is -0.141. The molecule has 9 heteroatoms. The lowest BCUT2D eigenvalue weighted by Crippen LogP contribution is -2.55. The molecule has 0 aliphatic carbocycles. The van der Waals surface area contributed by atoms with Gasteiger partial charge in [-0.05, 0) is 69.0 Å². The largest absolute Gasteiger partial charge is 0.350 e. The maximum absolute atomic E-state index is 13.6. The van der Waals surface area contributed by atoms with Crippen LogP contribution < -0.4 is 9.62 Å². The van der Waals surface area contributed by atoms with Gasteiger partial charge in [0.2, 0.25) is 21.8 Å². The van der Waals surface area contributed by atoms with Crippen molar-refractivity contribution in [1.29, 1.82) is 0 Å². The van der Waals surface area contributed by atoms with Gasteiger partial charge in [-0.2, -0.15) is 0 Å². The Bertz CT molecular complexity index is 1110. The Hall–Kier alpha value is -2.94. The van der Waals surface area contributed by atoms with Crippen molar-refractivity contribution in [2.24, 2.45) is 0 Å². The predicted molar refractivity (Wildman–Crippen MR) is 137 cm³/mol. The van der Waals surface area contributed by atoms with Crippen molar-refractivity contribution >= 4 is 27.5 Å². The van der Waals surface area contributed by atoms with Crippen LogP contribution in [0.5, 0.6) is 0 Å². The van der Waals surface area contributed by atoms with E-state index in [0.717, 1.165) is 22.5 Å². The Morgan fingerprint density at radius 1 is 0.971 bits per heavy atom. The summed E-state index contributed by atoms with van der Waals surface area (Å²) in [5.41, 5.74) is 1.51. The smallest absolute Gasteiger partial charge is 0.244 e. The molecule has 2 aromatic carbocycles. The van der Waals surface area contributed by atoms with E-state index in [1.54, 1.807) is 31.2 Å². The SMILES string of the molecule is CCc1ccc(N(CC(=O)N(Cc2ccc(F)cc2)C(CC)C(=O)NC(C)(C)C)S(C)(=O)=O)cc1. The average Bonchev–Trinajstić information content (AvgIpc) is 2.76. The third kappa shape index (κ3) is 8.35. The van der Waals surface area contributed by atoms with E-state index in [1.165, 1.54) is 17.0 Å². The molecule has 2 rings (SSSR count). The molecule has 1 unspecified atom stereocenters. The number of hydrogen-bond acceptors (Lipinski definition) is 4. The Kier molecular flexibility index (Phi) is 9.43. The number of anilines is 1. The van der Waals surface area contributed by atoms with E-state index in [2.05, 4.69) is 5.32 Å². The van der Waals surface area contributed by atoms with E-state index in [4.69, 9.17) is 0 Å². The lowest BCUT2D eigenvalue weighted by Gasteiger charge is -2.34. The fourth-order valence-electron chi connectivity index (χ4n) is 3.67. The minimum atomic E-state index is -3.79. The van der Waals surface area contributed by atoms with Gasteiger partial charge in [-0.3, -0.25) is 13.9 Å². The van der Waals surface area contributed by atoms with Gasteiger partial charge in [0.25, 0.3) is 0 Å². The molecule has 0 fully saturated rings. The number of halogens is 1. The molecule has 0 aromatic heterocycles. The van der Waals surface area contributed by atoms with Gasteiger partial charge in [0, 0.05) is 12.1 Å². The number of benzene rings is 2. The monoisotopic (exact) mass is 505 g/mol. The molecule has 0 aliphatic rings. The van der Waals surface area contributed by atoms with Gasteiger partial charge in [0.05, 0.1) is 11.9 Å². The number of carbonyl (C=O) groups excluding carboxylic acids is 2. The molecule has 2 aromatic rings. The van der Waals surface area contributed by atoms with E-state index >= 15 is 0 Å². The van der Waals surface area contributed by atoms with Gasteiger partial charge in [-0.15, -0.1) is 0 Å². The molecule has 0 saturated carbocycles.